The number of hydrogen-bond donors (Lipinski definition) is 3. The van der Waals surface area contributed by atoms with Crippen LogP contribution in [0, 0.1) is 13.8 Å². The first-order chi connectivity index (χ1) is 16.3. The highest BCUT2D eigenvalue weighted by Crippen LogP contribution is 2.50. The maximum atomic E-state index is 13.8. The lowest BCUT2D eigenvalue weighted by Gasteiger charge is -2.30. The molecule has 1 heterocycles. The van der Waals surface area contributed by atoms with Gasteiger partial charge in [-0.3, -0.25) is 4.79 Å². The molecule has 0 spiro atoms. The SMILES string of the molecule is COc1cccc(-c2ccc3c(c2)NC(=O)C3(c2ccc(O)cc2)c2cc(C)c(O)c(C)c2)c1. The number of methoxy groups -OCH3 is 1. The number of nitrogens with one attached hydrogen (secondary N) is 1. The van der Waals surface area contributed by atoms with Gasteiger partial charge in [0, 0.05) is 11.3 Å². The lowest BCUT2D eigenvalue weighted by molar-refractivity contribution is -0.118. The Balaban J connectivity index is 1.76. The maximum Gasteiger partial charge on any atom is 0.244 e. The highest BCUT2D eigenvalue weighted by atomic mass is 16.5. The summed E-state index contributed by atoms with van der Waals surface area (Å²) in [6.45, 7) is 3.66. The number of hydrogen-bond acceptors (Lipinski definition) is 4. The molecular weight excluding hydrogens is 426 g/mol. The zero-order valence-electron chi connectivity index (χ0n) is 19.2. The molecule has 4 aromatic rings. The Morgan fingerprint density at radius 1 is 0.794 bits per heavy atom. The van der Waals surface area contributed by atoms with Crippen molar-refractivity contribution >= 4 is 11.6 Å². The minimum atomic E-state index is -1.13. The Labute approximate surface area is 198 Å². The minimum absolute atomic E-state index is 0.129. The van der Waals surface area contributed by atoms with Crippen LogP contribution in [0.5, 0.6) is 17.2 Å². The lowest BCUT2D eigenvalue weighted by Crippen LogP contribution is -2.37. The second kappa shape index (κ2) is 7.96. The van der Waals surface area contributed by atoms with E-state index in [1.54, 1.807) is 31.4 Å². The van der Waals surface area contributed by atoms with Crippen LogP contribution in [0.3, 0.4) is 0 Å². The summed E-state index contributed by atoms with van der Waals surface area (Å²) >= 11 is 0. The number of phenols is 2. The number of carbonyl (C=O) groups excluding carboxylic acids is 1. The van der Waals surface area contributed by atoms with Crippen LogP contribution >= 0.6 is 0 Å². The first-order valence-electron chi connectivity index (χ1n) is 11.0. The van der Waals surface area contributed by atoms with Crippen molar-refractivity contribution < 1.29 is 19.7 Å². The third-order valence-electron chi connectivity index (χ3n) is 6.64. The summed E-state index contributed by atoms with van der Waals surface area (Å²) < 4.78 is 5.37. The fraction of sp³-hybridized carbons (Fsp3) is 0.138. The Morgan fingerprint density at radius 2 is 1.47 bits per heavy atom. The summed E-state index contributed by atoms with van der Waals surface area (Å²) in [6.07, 6.45) is 0. The van der Waals surface area contributed by atoms with Crippen LogP contribution in [-0.2, 0) is 10.2 Å². The van der Waals surface area contributed by atoms with Crippen molar-refractivity contribution in [1.82, 2.24) is 0 Å². The highest BCUT2D eigenvalue weighted by molar-refractivity contribution is 6.12. The van der Waals surface area contributed by atoms with Gasteiger partial charge in [-0.1, -0.05) is 48.5 Å². The fourth-order valence-electron chi connectivity index (χ4n) is 4.92. The molecule has 1 amide bonds. The molecule has 0 saturated heterocycles. The molecule has 0 saturated carbocycles. The van der Waals surface area contributed by atoms with Crippen molar-refractivity contribution in [2.24, 2.45) is 0 Å². The van der Waals surface area contributed by atoms with Crippen LogP contribution in [0.15, 0.2) is 78.9 Å². The summed E-state index contributed by atoms with van der Waals surface area (Å²) in [6, 6.07) is 24.2. The zero-order chi connectivity index (χ0) is 24.0. The molecule has 170 valence electrons. The van der Waals surface area contributed by atoms with E-state index < -0.39 is 5.41 Å². The van der Waals surface area contributed by atoms with Gasteiger partial charge in [-0.05, 0) is 77.6 Å². The fourth-order valence-corrected chi connectivity index (χ4v) is 4.92. The Bertz CT molecular complexity index is 1400. The normalized spacial score (nSPS) is 16.7. The minimum Gasteiger partial charge on any atom is -0.508 e. The average molecular weight is 452 g/mol. The molecule has 0 aromatic heterocycles. The zero-order valence-corrected chi connectivity index (χ0v) is 19.2. The number of aromatic hydroxyl groups is 2. The molecule has 34 heavy (non-hydrogen) atoms. The van der Waals surface area contributed by atoms with Crippen molar-refractivity contribution in [1.29, 1.82) is 0 Å². The monoisotopic (exact) mass is 451 g/mol. The first-order valence-corrected chi connectivity index (χ1v) is 11.0. The van der Waals surface area contributed by atoms with E-state index in [9.17, 15) is 15.0 Å². The van der Waals surface area contributed by atoms with Gasteiger partial charge in [0.25, 0.3) is 0 Å². The molecule has 5 rings (SSSR count). The Hall–Kier alpha value is -4.25. The summed E-state index contributed by atoms with van der Waals surface area (Å²) in [5.74, 6) is 0.927. The number of anilines is 1. The van der Waals surface area contributed by atoms with Crippen molar-refractivity contribution in [3.05, 3.63) is 107 Å². The molecule has 0 radical (unpaired) electrons. The predicted octanol–water partition coefficient (Wildman–Crippen LogP) is 5.68. The van der Waals surface area contributed by atoms with Gasteiger partial charge in [-0.15, -0.1) is 0 Å². The number of phenolic OH excluding ortho intramolecular Hbond substituents is 2. The Morgan fingerprint density at radius 3 is 2.15 bits per heavy atom. The third-order valence-corrected chi connectivity index (χ3v) is 6.64. The van der Waals surface area contributed by atoms with Crippen molar-refractivity contribution in [2.75, 3.05) is 12.4 Å². The van der Waals surface area contributed by atoms with Crippen LogP contribution in [-0.4, -0.2) is 23.2 Å². The average Bonchev–Trinajstić information content (AvgIpc) is 3.14. The number of carbonyl (C=O) groups is 1. The largest absolute Gasteiger partial charge is 0.508 e. The highest BCUT2D eigenvalue weighted by Gasteiger charge is 2.50. The van der Waals surface area contributed by atoms with E-state index >= 15 is 0 Å². The number of rotatable bonds is 4. The molecule has 5 nitrogen and oxygen atoms in total. The number of amides is 1. The number of fused-ring (bicyclic) bond motifs is 1. The number of aryl methyl sites for hydroxylation is 2. The summed E-state index contributed by atoms with van der Waals surface area (Å²) in [4.78, 5) is 13.8. The van der Waals surface area contributed by atoms with E-state index in [-0.39, 0.29) is 17.4 Å². The van der Waals surface area contributed by atoms with Gasteiger partial charge in [-0.2, -0.15) is 0 Å². The summed E-state index contributed by atoms with van der Waals surface area (Å²) in [5.41, 5.74) is 5.24. The molecule has 1 aliphatic rings. The molecule has 1 aliphatic heterocycles. The molecule has 0 bridgehead atoms. The summed E-state index contributed by atoms with van der Waals surface area (Å²) in [7, 11) is 1.63. The van der Waals surface area contributed by atoms with E-state index in [4.69, 9.17) is 4.74 Å². The van der Waals surface area contributed by atoms with E-state index in [2.05, 4.69) is 5.32 Å². The van der Waals surface area contributed by atoms with Gasteiger partial charge in [0.15, 0.2) is 0 Å². The van der Waals surface area contributed by atoms with Crippen LogP contribution in [0.1, 0.15) is 27.8 Å². The van der Waals surface area contributed by atoms with Gasteiger partial charge in [0.1, 0.15) is 22.7 Å². The van der Waals surface area contributed by atoms with Gasteiger partial charge >= 0.3 is 0 Å². The van der Waals surface area contributed by atoms with Crippen LogP contribution in [0.4, 0.5) is 5.69 Å². The number of ether oxygens (including phenoxy) is 1. The van der Waals surface area contributed by atoms with Crippen molar-refractivity contribution in [3.8, 4) is 28.4 Å². The van der Waals surface area contributed by atoms with E-state index in [0.717, 1.165) is 39.3 Å². The smallest absolute Gasteiger partial charge is 0.244 e. The molecule has 4 aromatic carbocycles. The third kappa shape index (κ3) is 3.20. The van der Waals surface area contributed by atoms with Crippen LogP contribution < -0.4 is 10.1 Å². The van der Waals surface area contributed by atoms with Gasteiger partial charge < -0.3 is 20.3 Å². The van der Waals surface area contributed by atoms with Crippen LogP contribution in [0.2, 0.25) is 0 Å². The van der Waals surface area contributed by atoms with E-state index in [1.807, 2.05) is 68.4 Å². The molecular formula is C29H25NO4. The molecule has 3 N–H and O–H groups in total. The molecule has 1 unspecified atom stereocenters. The predicted molar refractivity (Wildman–Crippen MR) is 133 cm³/mol. The molecule has 0 aliphatic carbocycles. The standard InChI is InChI=1S/C29H25NO4/c1-17-13-22(14-18(2)27(17)32)29(21-8-10-23(31)11-9-21)25-12-7-20(16-26(25)30-28(29)33)19-5-4-6-24(15-19)34-3/h4-16,31-32H,1-3H3,(H,30,33). The van der Waals surface area contributed by atoms with Gasteiger partial charge in [-0.25, -0.2) is 0 Å². The van der Waals surface area contributed by atoms with Crippen LogP contribution in [0.25, 0.3) is 11.1 Å². The van der Waals surface area contributed by atoms with Crippen molar-refractivity contribution in [3.63, 3.8) is 0 Å². The first kappa shape index (κ1) is 21.6. The van der Waals surface area contributed by atoms with Gasteiger partial charge in [0.05, 0.1) is 7.11 Å². The van der Waals surface area contributed by atoms with E-state index in [0.29, 0.717) is 11.1 Å². The number of benzene rings is 4. The Kier molecular flexibility index (Phi) is 5.05. The molecule has 5 heteroatoms. The van der Waals surface area contributed by atoms with Crippen molar-refractivity contribution in [2.45, 2.75) is 19.3 Å². The topological polar surface area (TPSA) is 78.8 Å². The second-order valence-electron chi connectivity index (χ2n) is 8.70. The lowest BCUT2D eigenvalue weighted by atomic mass is 9.69. The summed E-state index contributed by atoms with van der Waals surface area (Å²) in [5, 5.41) is 23.4. The van der Waals surface area contributed by atoms with Gasteiger partial charge in [0.2, 0.25) is 5.91 Å². The molecule has 0 fully saturated rings. The quantitative estimate of drug-likeness (QED) is 0.373. The molecule has 1 atom stereocenters. The van der Waals surface area contributed by atoms with E-state index in [1.165, 1.54) is 0 Å². The maximum absolute atomic E-state index is 13.8. The second-order valence-corrected chi connectivity index (χ2v) is 8.70.